The Balaban J connectivity index is 1.66. The Morgan fingerprint density at radius 1 is 1.17 bits per heavy atom. The number of carbonyl (C=O) groups excluding carboxylic acids is 2. The number of carbonyl (C=O) groups is 2. The van der Waals surface area contributed by atoms with Crippen LogP contribution in [0.4, 0.5) is 4.79 Å². The van der Waals surface area contributed by atoms with E-state index in [0.717, 1.165) is 61.1 Å². The van der Waals surface area contributed by atoms with Gasteiger partial charge in [-0.15, -0.1) is 0 Å². The van der Waals surface area contributed by atoms with E-state index in [4.69, 9.17) is 14.2 Å². The second-order valence-corrected chi connectivity index (χ2v) is 8.03. The molecule has 1 aromatic carbocycles. The summed E-state index contributed by atoms with van der Waals surface area (Å²) in [5.74, 6) is 0.300. The zero-order valence-electron chi connectivity index (χ0n) is 18.2. The Morgan fingerprint density at radius 3 is 2.57 bits per heavy atom. The summed E-state index contributed by atoms with van der Waals surface area (Å²) in [7, 11) is 7.66. The molecule has 30 heavy (non-hydrogen) atoms. The molecule has 164 valence electrons. The molecule has 0 unspecified atom stereocenters. The van der Waals surface area contributed by atoms with Crippen molar-refractivity contribution in [1.82, 2.24) is 14.4 Å². The third kappa shape index (κ3) is 5.31. The molecule has 0 spiro atoms. The number of benzene rings is 1. The summed E-state index contributed by atoms with van der Waals surface area (Å²) < 4.78 is 17.2. The van der Waals surface area contributed by atoms with Gasteiger partial charge in [0.15, 0.2) is 0 Å². The first-order chi connectivity index (χ1) is 14.4. The van der Waals surface area contributed by atoms with Crippen LogP contribution in [0.2, 0.25) is 0 Å². The van der Waals surface area contributed by atoms with Crippen molar-refractivity contribution in [3.05, 3.63) is 30.0 Å². The molecule has 1 aliphatic rings. The number of aromatic nitrogens is 1. The van der Waals surface area contributed by atoms with Gasteiger partial charge >= 0.3 is 12.1 Å². The molecule has 1 fully saturated rings. The van der Waals surface area contributed by atoms with Crippen molar-refractivity contribution >= 4 is 23.0 Å². The van der Waals surface area contributed by atoms with Crippen LogP contribution in [0.25, 0.3) is 10.9 Å². The number of ether oxygens (including phenoxy) is 3. The van der Waals surface area contributed by atoms with Crippen LogP contribution in [0.5, 0.6) is 5.75 Å². The van der Waals surface area contributed by atoms with Gasteiger partial charge in [-0.25, -0.2) is 4.79 Å². The van der Waals surface area contributed by atoms with Gasteiger partial charge in [0.1, 0.15) is 5.75 Å². The molecule has 0 radical (unpaired) electrons. The highest BCUT2D eigenvalue weighted by atomic mass is 16.7. The van der Waals surface area contributed by atoms with Gasteiger partial charge in [0, 0.05) is 18.1 Å². The predicted molar refractivity (Wildman–Crippen MR) is 114 cm³/mol. The molecule has 0 bridgehead atoms. The first-order valence-electron chi connectivity index (χ1n) is 10.2. The molecule has 3 rings (SSSR count). The van der Waals surface area contributed by atoms with Crippen molar-refractivity contribution in [2.75, 3.05) is 54.7 Å². The van der Waals surface area contributed by atoms with Crippen LogP contribution in [0.15, 0.2) is 24.4 Å². The molecule has 0 aliphatic carbocycles. The number of fused-ring (bicyclic) bond motifs is 1. The summed E-state index contributed by atoms with van der Waals surface area (Å²) in [6.45, 7) is 2.20. The van der Waals surface area contributed by atoms with Gasteiger partial charge in [-0.05, 0) is 77.3 Å². The second kappa shape index (κ2) is 9.95. The lowest BCUT2D eigenvalue weighted by molar-refractivity contribution is -0.158. The number of likely N-dealkylation sites (N-methyl/N-ethyl adjacent to an activating group) is 1. The van der Waals surface area contributed by atoms with Crippen LogP contribution in [-0.4, -0.2) is 81.1 Å². The van der Waals surface area contributed by atoms with Gasteiger partial charge in [0.2, 0.25) is 6.79 Å². The van der Waals surface area contributed by atoms with Gasteiger partial charge in [-0.2, -0.15) is 0 Å². The molecule has 8 heteroatoms. The Morgan fingerprint density at radius 2 is 1.90 bits per heavy atom. The predicted octanol–water partition coefficient (Wildman–Crippen LogP) is 2.58. The summed E-state index contributed by atoms with van der Waals surface area (Å²) in [6.07, 6.45) is 3.53. The van der Waals surface area contributed by atoms with Crippen molar-refractivity contribution in [1.29, 1.82) is 0 Å². The normalized spacial score (nSPS) is 15.5. The van der Waals surface area contributed by atoms with Crippen LogP contribution < -0.4 is 4.74 Å². The number of hydrogen-bond acceptors (Lipinski definition) is 7. The zero-order valence-corrected chi connectivity index (χ0v) is 18.2. The van der Waals surface area contributed by atoms with E-state index in [1.807, 2.05) is 39.3 Å². The molecule has 1 saturated heterocycles. The molecule has 1 aromatic heterocycles. The van der Waals surface area contributed by atoms with Crippen LogP contribution in [-0.2, 0) is 20.7 Å². The molecule has 2 aromatic rings. The van der Waals surface area contributed by atoms with Gasteiger partial charge < -0.3 is 24.0 Å². The maximum absolute atomic E-state index is 12.7. The lowest BCUT2D eigenvalue weighted by atomic mass is 9.97. The maximum Gasteiger partial charge on any atom is 0.421 e. The van der Waals surface area contributed by atoms with Crippen molar-refractivity contribution in [2.45, 2.75) is 19.3 Å². The molecule has 0 atom stereocenters. The minimum Gasteiger partial charge on any atom is -0.497 e. The molecule has 1 aliphatic heterocycles. The number of rotatable bonds is 7. The van der Waals surface area contributed by atoms with E-state index in [2.05, 4.69) is 9.80 Å². The lowest BCUT2D eigenvalue weighted by Crippen LogP contribution is -2.34. The molecule has 2 heterocycles. The van der Waals surface area contributed by atoms with E-state index in [1.165, 1.54) is 4.57 Å². The third-order valence-corrected chi connectivity index (χ3v) is 5.55. The Kier molecular flexibility index (Phi) is 7.33. The van der Waals surface area contributed by atoms with Crippen molar-refractivity contribution in [3.8, 4) is 5.75 Å². The minimum atomic E-state index is -0.572. The number of piperidine rings is 1. The fourth-order valence-corrected chi connectivity index (χ4v) is 3.67. The fourth-order valence-electron chi connectivity index (χ4n) is 3.67. The Hall–Kier alpha value is -2.58. The topological polar surface area (TPSA) is 73.2 Å². The number of hydrogen-bond donors (Lipinski definition) is 0. The fraction of sp³-hybridized carbons (Fsp3) is 0.545. The first-order valence-corrected chi connectivity index (χ1v) is 10.2. The number of nitrogens with zero attached hydrogens (tertiary/aromatic N) is 3. The highest BCUT2D eigenvalue weighted by molar-refractivity contribution is 5.92. The van der Waals surface area contributed by atoms with Gasteiger partial charge in [-0.1, -0.05) is 0 Å². The molecule has 0 N–H and O–H groups in total. The quantitative estimate of drug-likeness (QED) is 0.506. The molecular formula is C22H31N3O5. The van der Waals surface area contributed by atoms with Crippen LogP contribution >= 0.6 is 0 Å². The summed E-state index contributed by atoms with van der Waals surface area (Å²) in [5, 5.41) is 0.941. The number of methoxy groups -OCH3 is 1. The van der Waals surface area contributed by atoms with Crippen LogP contribution in [0, 0.1) is 5.92 Å². The smallest absolute Gasteiger partial charge is 0.421 e. The first kappa shape index (κ1) is 22.1. The van der Waals surface area contributed by atoms with Crippen LogP contribution in [0.1, 0.15) is 18.4 Å². The average Bonchev–Trinajstić information content (AvgIpc) is 3.10. The van der Waals surface area contributed by atoms with E-state index in [-0.39, 0.29) is 18.7 Å². The summed E-state index contributed by atoms with van der Waals surface area (Å²) in [5.41, 5.74) is 1.76. The van der Waals surface area contributed by atoms with Gasteiger partial charge in [-0.3, -0.25) is 9.36 Å². The van der Waals surface area contributed by atoms with Crippen molar-refractivity contribution in [3.63, 3.8) is 0 Å². The van der Waals surface area contributed by atoms with E-state index in [1.54, 1.807) is 13.3 Å². The van der Waals surface area contributed by atoms with Gasteiger partial charge in [0.25, 0.3) is 0 Å². The molecular weight excluding hydrogens is 386 g/mol. The number of esters is 1. The Bertz CT molecular complexity index is 884. The van der Waals surface area contributed by atoms with E-state index in [9.17, 15) is 9.59 Å². The molecule has 0 amide bonds. The minimum absolute atomic E-state index is 0.127. The molecule has 0 saturated carbocycles. The Labute approximate surface area is 177 Å². The number of likely N-dealkylation sites (tertiary alicyclic amines) is 1. The SMILES string of the molecule is COc1ccc2c(c1)c(CCN(C)C)cn2C(=O)OCOC(=O)C1CCN(C)CC1. The van der Waals surface area contributed by atoms with Crippen molar-refractivity contribution in [2.24, 2.45) is 5.92 Å². The standard InChI is InChI=1S/C22H31N3O5/c1-23(2)10-7-17-14-25(20-6-5-18(28-4)13-19(17)20)22(27)30-15-29-21(26)16-8-11-24(3)12-9-16/h5-6,13-14,16H,7-12,15H2,1-4H3. The highest BCUT2D eigenvalue weighted by Gasteiger charge is 2.25. The third-order valence-electron chi connectivity index (χ3n) is 5.55. The largest absolute Gasteiger partial charge is 0.497 e. The second-order valence-electron chi connectivity index (χ2n) is 8.03. The summed E-state index contributed by atoms with van der Waals surface area (Å²) >= 11 is 0. The molecule has 8 nitrogen and oxygen atoms in total. The highest BCUT2D eigenvalue weighted by Crippen LogP contribution is 2.27. The van der Waals surface area contributed by atoms with E-state index in [0.29, 0.717) is 0 Å². The summed E-state index contributed by atoms with van der Waals surface area (Å²) in [4.78, 5) is 29.1. The summed E-state index contributed by atoms with van der Waals surface area (Å²) in [6, 6.07) is 5.56. The monoisotopic (exact) mass is 417 g/mol. The maximum atomic E-state index is 12.7. The van der Waals surface area contributed by atoms with Crippen molar-refractivity contribution < 1.29 is 23.8 Å². The van der Waals surface area contributed by atoms with Crippen LogP contribution in [0.3, 0.4) is 0 Å². The van der Waals surface area contributed by atoms with E-state index >= 15 is 0 Å². The lowest BCUT2D eigenvalue weighted by Gasteiger charge is -2.27. The zero-order chi connectivity index (χ0) is 21.7. The van der Waals surface area contributed by atoms with E-state index < -0.39 is 6.09 Å². The van der Waals surface area contributed by atoms with Gasteiger partial charge in [0.05, 0.1) is 18.5 Å². The average molecular weight is 418 g/mol.